The maximum Gasteiger partial charge on any atom is 0.152 e. The molecule has 29 heavy (non-hydrogen) atoms. The minimum atomic E-state index is 0.643. The molecule has 0 spiro atoms. The first-order valence-corrected chi connectivity index (χ1v) is 11.0. The molecule has 5 heteroatoms. The van der Waals surface area contributed by atoms with Crippen LogP contribution >= 0.6 is 0 Å². The second-order valence-electron chi connectivity index (χ2n) is 8.01. The van der Waals surface area contributed by atoms with Gasteiger partial charge >= 0.3 is 0 Å². The number of allylic oxidation sites excluding steroid dienone is 1. The van der Waals surface area contributed by atoms with Crippen LogP contribution in [0.3, 0.4) is 0 Å². The van der Waals surface area contributed by atoms with Crippen LogP contribution in [0.25, 0.3) is 10.9 Å². The van der Waals surface area contributed by atoms with Crippen LogP contribution in [0.2, 0.25) is 0 Å². The van der Waals surface area contributed by atoms with E-state index >= 15 is 0 Å². The zero-order chi connectivity index (χ0) is 20.1. The summed E-state index contributed by atoms with van der Waals surface area (Å²) in [5.74, 6) is 0.974. The molecule has 2 aliphatic heterocycles. The second-order valence-corrected chi connectivity index (χ2v) is 8.01. The highest BCUT2D eigenvalue weighted by molar-refractivity contribution is 5.89. The van der Waals surface area contributed by atoms with Crippen molar-refractivity contribution in [2.75, 3.05) is 39.6 Å². The fourth-order valence-electron chi connectivity index (χ4n) is 4.36. The van der Waals surface area contributed by atoms with Gasteiger partial charge in [0.15, 0.2) is 5.75 Å². The van der Waals surface area contributed by atoms with Gasteiger partial charge in [-0.2, -0.15) is 0 Å². The van der Waals surface area contributed by atoms with Crippen molar-refractivity contribution in [3.8, 4) is 5.75 Å². The normalized spacial score (nSPS) is 18.6. The van der Waals surface area contributed by atoms with Gasteiger partial charge in [0, 0.05) is 49.9 Å². The van der Waals surface area contributed by atoms with Crippen LogP contribution in [0.15, 0.2) is 36.0 Å². The van der Waals surface area contributed by atoms with E-state index in [1.165, 1.54) is 16.5 Å². The Morgan fingerprint density at radius 1 is 1.21 bits per heavy atom. The molecular weight excluding hydrogens is 362 g/mol. The average molecular weight is 396 g/mol. The smallest absolute Gasteiger partial charge is 0.152 e. The number of fused-ring (bicyclic) bond motifs is 3. The molecule has 1 aromatic heterocycles. The lowest BCUT2D eigenvalue weighted by Crippen LogP contribution is -2.36. The van der Waals surface area contributed by atoms with E-state index in [4.69, 9.17) is 9.47 Å². The van der Waals surface area contributed by atoms with Crippen LogP contribution in [0.5, 0.6) is 5.75 Å². The number of hydrogen-bond acceptors (Lipinski definition) is 5. The number of nitrogens with zero attached hydrogens (tertiary/aromatic N) is 3. The minimum absolute atomic E-state index is 0.643. The van der Waals surface area contributed by atoms with Gasteiger partial charge in [0.05, 0.1) is 13.2 Å². The van der Waals surface area contributed by atoms with Crippen LogP contribution in [-0.2, 0) is 17.8 Å². The molecule has 0 amide bonds. The molecule has 5 nitrogen and oxygen atoms in total. The molecule has 0 atom stereocenters. The van der Waals surface area contributed by atoms with E-state index in [2.05, 4.69) is 46.8 Å². The largest absolute Gasteiger partial charge is 0.475 e. The topological polar surface area (TPSA) is 37.8 Å². The Morgan fingerprint density at radius 2 is 2.07 bits per heavy atom. The average Bonchev–Trinajstić information content (AvgIpc) is 2.77. The highest BCUT2D eigenvalue weighted by Crippen LogP contribution is 2.35. The van der Waals surface area contributed by atoms with Crippen molar-refractivity contribution >= 4 is 10.9 Å². The number of aromatic nitrogens is 1. The van der Waals surface area contributed by atoms with Crippen LogP contribution in [0.1, 0.15) is 44.2 Å². The molecule has 0 bridgehead atoms. The van der Waals surface area contributed by atoms with Crippen molar-refractivity contribution in [1.82, 2.24) is 14.8 Å². The fourth-order valence-corrected chi connectivity index (χ4v) is 4.36. The molecule has 156 valence electrons. The monoisotopic (exact) mass is 395 g/mol. The number of pyridine rings is 1. The first-order chi connectivity index (χ1) is 14.3. The SMILES string of the molecule is CC/C=C(\CC)CCN1COc2c(cc(CN3CCOCC3)c3cccnc23)C1. The summed E-state index contributed by atoms with van der Waals surface area (Å²) in [6.45, 7) is 11.6. The molecule has 1 saturated heterocycles. The molecule has 0 unspecified atom stereocenters. The number of rotatable bonds is 7. The third kappa shape index (κ3) is 4.80. The highest BCUT2D eigenvalue weighted by atomic mass is 16.5. The quantitative estimate of drug-likeness (QED) is 0.652. The van der Waals surface area contributed by atoms with E-state index in [0.29, 0.717) is 6.73 Å². The molecule has 1 fully saturated rings. The van der Waals surface area contributed by atoms with Gasteiger partial charge in [0.2, 0.25) is 0 Å². The van der Waals surface area contributed by atoms with Gasteiger partial charge in [-0.05, 0) is 37.0 Å². The Morgan fingerprint density at radius 3 is 2.86 bits per heavy atom. The summed E-state index contributed by atoms with van der Waals surface area (Å²) in [6, 6.07) is 6.56. The summed E-state index contributed by atoms with van der Waals surface area (Å²) in [4.78, 5) is 9.58. The molecule has 1 aromatic carbocycles. The van der Waals surface area contributed by atoms with Crippen molar-refractivity contribution in [1.29, 1.82) is 0 Å². The number of ether oxygens (including phenoxy) is 2. The molecule has 4 rings (SSSR count). The maximum atomic E-state index is 6.23. The third-order valence-corrected chi connectivity index (χ3v) is 5.99. The Kier molecular flexibility index (Phi) is 6.80. The van der Waals surface area contributed by atoms with Crippen molar-refractivity contribution in [3.05, 3.63) is 47.2 Å². The lowest BCUT2D eigenvalue weighted by atomic mass is 10.0. The molecule has 0 radical (unpaired) electrons. The number of morpholine rings is 1. The summed E-state index contributed by atoms with van der Waals surface area (Å²) in [7, 11) is 0. The number of benzene rings is 1. The van der Waals surface area contributed by atoms with Gasteiger partial charge in [0.1, 0.15) is 12.2 Å². The summed E-state index contributed by atoms with van der Waals surface area (Å²) in [5.41, 5.74) is 5.17. The summed E-state index contributed by atoms with van der Waals surface area (Å²) >= 11 is 0. The van der Waals surface area contributed by atoms with Crippen LogP contribution < -0.4 is 4.74 Å². The van der Waals surface area contributed by atoms with E-state index in [-0.39, 0.29) is 0 Å². The molecule has 2 aliphatic rings. The molecular formula is C24H33N3O2. The zero-order valence-corrected chi connectivity index (χ0v) is 17.8. The van der Waals surface area contributed by atoms with Crippen molar-refractivity contribution in [2.45, 2.75) is 46.2 Å². The van der Waals surface area contributed by atoms with Crippen molar-refractivity contribution in [3.63, 3.8) is 0 Å². The van der Waals surface area contributed by atoms with Gasteiger partial charge in [-0.3, -0.25) is 14.8 Å². The summed E-state index contributed by atoms with van der Waals surface area (Å²) in [5, 5.41) is 1.21. The summed E-state index contributed by atoms with van der Waals surface area (Å²) in [6.07, 6.45) is 7.62. The zero-order valence-electron chi connectivity index (χ0n) is 17.8. The molecule has 3 heterocycles. The predicted molar refractivity (Wildman–Crippen MR) is 117 cm³/mol. The Balaban J connectivity index is 1.55. The van der Waals surface area contributed by atoms with Gasteiger partial charge in [-0.1, -0.05) is 31.6 Å². The van der Waals surface area contributed by atoms with E-state index in [1.807, 2.05) is 12.3 Å². The molecule has 0 saturated carbocycles. The van der Waals surface area contributed by atoms with Crippen molar-refractivity contribution in [2.24, 2.45) is 0 Å². The first-order valence-electron chi connectivity index (χ1n) is 11.0. The predicted octanol–water partition coefficient (Wildman–Crippen LogP) is 4.36. The Bertz CT molecular complexity index is 859. The Labute approximate surface area is 174 Å². The maximum absolute atomic E-state index is 6.23. The molecule has 0 N–H and O–H groups in total. The second kappa shape index (κ2) is 9.70. The van der Waals surface area contributed by atoms with E-state index < -0.39 is 0 Å². The van der Waals surface area contributed by atoms with Gasteiger partial charge in [-0.25, -0.2) is 0 Å². The highest BCUT2D eigenvalue weighted by Gasteiger charge is 2.23. The van der Waals surface area contributed by atoms with Crippen molar-refractivity contribution < 1.29 is 9.47 Å². The molecule has 2 aromatic rings. The number of hydrogen-bond donors (Lipinski definition) is 0. The minimum Gasteiger partial charge on any atom is -0.475 e. The van der Waals surface area contributed by atoms with E-state index in [9.17, 15) is 0 Å². The summed E-state index contributed by atoms with van der Waals surface area (Å²) < 4.78 is 11.7. The Hall–Kier alpha value is -1.95. The van der Waals surface area contributed by atoms with E-state index in [1.54, 1.807) is 5.57 Å². The van der Waals surface area contributed by atoms with Crippen LogP contribution in [-0.4, -0.2) is 54.4 Å². The van der Waals surface area contributed by atoms with E-state index in [0.717, 1.165) is 76.5 Å². The first kappa shape index (κ1) is 20.3. The van der Waals surface area contributed by atoms with Crippen LogP contribution in [0, 0.1) is 0 Å². The van der Waals surface area contributed by atoms with Crippen LogP contribution in [0.4, 0.5) is 0 Å². The lowest BCUT2D eigenvalue weighted by molar-refractivity contribution is 0.0343. The lowest BCUT2D eigenvalue weighted by Gasteiger charge is -2.31. The standard InChI is InChI=1S/C24H33N3O2/c1-3-6-19(4-2)8-10-27-17-21-15-20(16-26-11-13-28-14-12-26)22-7-5-9-25-23(22)24(21)29-18-27/h5-7,9,15H,3-4,8,10-14,16-18H2,1-2H3/b19-6+. The molecule has 0 aliphatic carbocycles. The van der Waals surface area contributed by atoms with Gasteiger partial charge in [0.25, 0.3) is 0 Å². The third-order valence-electron chi connectivity index (χ3n) is 5.99. The van der Waals surface area contributed by atoms with Gasteiger partial charge < -0.3 is 9.47 Å². The fraction of sp³-hybridized carbons (Fsp3) is 0.542. The van der Waals surface area contributed by atoms with Gasteiger partial charge in [-0.15, -0.1) is 0 Å².